The van der Waals surface area contributed by atoms with Crippen LogP contribution >= 0.6 is 0 Å². The van der Waals surface area contributed by atoms with Crippen molar-refractivity contribution in [2.24, 2.45) is 0 Å². The maximum atomic E-state index is 11.5. The topological polar surface area (TPSA) is 113 Å². The highest BCUT2D eigenvalue weighted by atomic mass is 16.6. The van der Waals surface area contributed by atoms with Gasteiger partial charge in [0.05, 0.1) is 13.3 Å². The van der Waals surface area contributed by atoms with E-state index in [9.17, 15) is 10.1 Å². The fourth-order valence-corrected chi connectivity index (χ4v) is 2.46. The Balaban J connectivity index is 1.84. The lowest BCUT2D eigenvalue weighted by Gasteiger charge is -2.00. The molecule has 10 heteroatoms. The SMILES string of the molecule is COc1cccc(-c2nnn(-c3nc4ccccn4c3[N+](=O)[O-])n2)c1. The molecule has 0 aliphatic carbocycles. The molecule has 0 saturated heterocycles. The van der Waals surface area contributed by atoms with Crippen LogP contribution in [0.25, 0.3) is 22.9 Å². The molecule has 4 rings (SSSR count). The molecule has 0 N–H and O–H groups in total. The number of fused-ring (bicyclic) bond motifs is 1. The van der Waals surface area contributed by atoms with Crippen LogP contribution in [-0.4, -0.2) is 41.6 Å². The summed E-state index contributed by atoms with van der Waals surface area (Å²) in [6.07, 6.45) is 1.56. The van der Waals surface area contributed by atoms with E-state index >= 15 is 0 Å². The summed E-state index contributed by atoms with van der Waals surface area (Å²) >= 11 is 0. The summed E-state index contributed by atoms with van der Waals surface area (Å²) in [6, 6.07) is 12.2. The number of methoxy groups -OCH3 is 1. The van der Waals surface area contributed by atoms with Crippen LogP contribution in [0.4, 0.5) is 5.82 Å². The zero-order valence-electron chi connectivity index (χ0n) is 13.0. The highest BCUT2D eigenvalue weighted by Gasteiger charge is 2.26. The molecule has 0 amide bonds. The molecule has 0 bridgehead atoms. The van der Waals surface area contributed by atoms with Crippen molar-refractivity contribution in [1.29, 1.82) is 0 Å². The van der Waals surface area contributed by atoms with Crippen LogP contribution < -0.4 is 4.74 Å². The van der Waals surface area contributed by atoms with Crippen molar-refractivity contribution in [3.8, 4) is 23.0 Å². The smallest absolute Gasteiger partial charge is 0.376 e. The third-order valence-electron chi connectivity index (χ3n) is 3.59. The van der Waals surface area contributed by atoms with Gasteiger partial charge in [0.25, 0.3) is 5.82 Å². The number of benzene rings is 1. The monoisotopic (exact) mass is 337 g/mol. The lowest BCUT2D eigenvalue weighted by molar-refractivity contribution is -0.390. The molecular formula is C15H11N7O3. The highest BCUT2D eigenvalue weighted by Crippen LogP contribution is 2.24. The summed E-state index contributed by atoms with van der Waals surface area (Å²) in [6.45, 7) is 0. The number of imidazole rings is 1. The van der Waals surface area contributed by atoms with Crippen molar-refractivity contribution < 1.29 is 9.66 Å². The molecule has 0 fully saturated rings. The van der Waals surface area contributed by atoms with Gasteiger partial charge in [-0.2, -0.15) is 9.38 Å². The molecule has 0 aliphatic rings. The number of nitro groups is 1. The molecule has 0 spiro atoms. The predicted octanol–water partition coefficient (Wildman–Crippen LogP) is 1.89. The van der Waals surface area contributed by atoms with Gasteiger partial charge in [-0.15, -0.1) is 15.0 Å². The number of hydrogen-bond donors (Lipinski definition) is 0. The Morgan fingerprint density at radius 3 is 2.88 bits per heavy atom. The van der Waals surface area contributed by atoms with E-state index in [4.69, 9.17) is 4.74 Å². The van der Waals surface area contributed by atoms with E-state index in [1.165, 1.54) is 4.40 Å². The summed E-state index contributed by atoms with van der Waals surface area (Å²) < 4.78 is 6.54. The van der Waals surface area contributed by atoms with Gasteiger partial charge in [0, 0.05) is 11.6 Å². The van der Waals surface area contributed by atoms with Crippen molar-refractivity contribution >= 4 is 11.5 Å². The fourth-order valence-electron chi connectivity index (χ4n) is 2.46. The normalized spacial score (nSPS) is 10.9. The summed E-state index contributed by atoms with van der Waals surface area (Å²) in [4.78, 5) is 16.2. The number of pyridine rings is 1. The van der Waals surface area contributed by atoms with Crippen molar-refractivity contribution in [2.45, 2.75) is 0 Å². The van der Waals surface area contributed by atoms with Gasteiger partial charge >= 0.3 is 5.82 Å². The molecule has 124 valence electrons. The van der Waals surface area contributed by atoms with Crippen LogP contribution in [0.2, 0.25) is 0 Å². The van der Waals surface area contributed by atoms with Crippen LogP contribution in [0, 0.1) is 10.1 Å². The molecule has 10 nitrogen and oxygen atoms in total. The number of rotatable bonds is 4. The van der Waals surface area contributed by atoms with Crippen LogP contribution in [0.5, 0.6) is 5.75 Å². The van der Waals surface area contributed by atoms with Crippen molar-refractivity contribution in [3.05, 3.63) is 58.8 Å². The van der Waals surface area contributed by atoms with Gasteiger partial charge in [-0.25, -0.2) is 0 Å². The average Bonchev–Trinajstić information content (AvgIpc) is 3.26. The van der Waals surface area contributed by atoms with Gasteiger partial charge in [-0.3, -0.25) is 0 Å². The molecule has 4 aromatic rings. The lowest BCUT2D eigenvalue weighted by Crippen LogP contribution is -2.04. The lowest BCUT2D eigenvalue weighted by atomic mass is 10.2. The Bertz CT molecular complexity index is 1090. The van der Waals surface area contributed by atoms with E-state index in [2.05, 4.69) is 20.4 Å². The van der Waals surface area contributed by atoms with Gasteiger partial charge in [-0.1, -0.05) is 18.2 Å². The number of ether oxygens (including phenoxy) is 1. The Morgan fingerprint density at radius 1 is 1.20 bits per heavy atom. The van der Waals surface area contributed by atoms with E-state index < -0.39 is 4.92 Å². The van der Waals surface area contributed by atoms with E-state index in [1.807, 2.05) is 0 Å². The average molecular weight is 337 g/mol. The van der Waals surface area contributed by atoms with Gasteiger partial charge in [0.2, 0.25) is 11.5 Å². The van der Waals surface area contributed by atoms with E-state index in [0.29, 0.717) is 22.8 Å². The Labute approximate surface area is 140 Å². The van der Waals surface area contributed by atoms with Gasteiger partial charge in [-0.05, 0) is 28.3 Å². The van der Waals surface area contributed by atoms with Crippen LogP contribution in [0.15, 0.2) is 48.7 Å². The molecule has 0 aliphatic heterocycles. The Morgan fingerprint density at radius 2 is 2.08 bits per heavy atom. The molecule has 0 atom stereocenters. The number of hydrogen-bond acceptors (Lipinski definition) is 7. The molecule has 25 heavy (non-hydrogen) atoms. The minimum absolute atomic E-state index is 0.00199. The van der Waals surface area contributed by atoms with Crippen LogP contribution in [0.1, 0.15) is 0 Å². The highest BCUT2D eigenvalue weighted by molar-refractivity contribution is 5.58. The number of aromatic nitrogens is 6. The first-order valence-corrected chi connectivity index (χ1v) is 7.23. The molecule has 3 aromatic heterocycles. The van der Waals surface area contributed by atoms with Gasteiger partial charge in [0.15, 0.2) is 0 Å². The summed E-state index contributed by atoms with van der Waals surface area (Å²) in [5.74, 6) is 0.723. The Hall–Kier alpha value is -3.82. The maximum absolute atomic E-state index is 11.5. The van der Waals surface area contributed by atoms with Crippen molar-refractivity contribution in [1.82, 2.24) is 29.6 Å². The standard InChI is InChI=1S/C15H11N7O3/c1-25-11-6-4-5-10(9-11)13-17-19-21(18-13)14-15(22(23)24)20-8-3-2-7-12(20)16-14/h2-9H,1H3. The van der Waals surface area contributed by atoms with E-state index in [-0.39, 0.29) is 11.6 Å². The van der Waals surface area contributed by atoms with Crippen molar-refractivity contribution in [2.75, 3.05) is 7.11 Å². The number of nitrogens with zero attached hydrogens (tertiary/aromatic N) is 7. The maximum Gasteiger partial charge on any atom is 0.376 e. The minimum atomic E-state index is -0.524. The largest absolute Gasteiger partial charge is 0.497 e. The molecule has 0 radical (unpaired) electrons. The third kappa shape index (κ3) is 2.45. The summed E-state index contributed by atoms with van der Waals surface area (Å²) in [5, 5.41) is 23.6. The first-order valence-electron chi connectivity index (χ1n) is 7.23. The fraction of sp³-hybridized carbons (Fsp3) is 0.0667. The zero-order valence-corrected chi connectivity index (χ0v) is 13.0. The molecule has 0 unspecified atom stereocenters. The number of tetrazole rings is 1. The van der Waals surface area contributed by atoms with E-state index in [0.717, 1.165) is 4.80 Å². The van der Waals surface area contributed by atoms with E-state index in [1.54, 1.807) is 55.8 Å². The molecule has 1 aromatic carbocycles. The van der Waals surface area contributed by atoms with Gasteiger partial charge < -0.3 is 14.9 Å². The summed E-state index contributed by atoms with van der Waals surface area (Å²) in [7, 11) is 1.56. The second-order valence-corrected chi connectivity index (χ2v) is 5.08. The second-order valence-electron chi connectivity index (χ2n) is 5.08. The van der Waals surface area contributed by atoms with Crippen LogP contribution in [-0.2, 0) is 0 Å². The Kier molecular flexibility index (Phi) is 3.35. The van der Waals surface area contributed by atoms with Crippen molar-refractivity contribution in [3.63, 3.8) is 0 Å². The quantitative estimate of drug-likeness (QED) is 0.413. The summed E-state index contributed by atoms with van der Waals surface area (Å²) in [5.41, 5.74) is 1.10. The van der Waals surface area contributed by atoms with Crippen LogP contribution in [0.3, 0.4) is 0 Å². The first-order chi connectivity index (χ1) is 12.2. The predicted molar refractivity (Wildman–Crippen MR) is 86.5 cm³/mol. The minimum Gasteiger partial charge on any atom is -0.497 e. The molecule has 3 heterocycles. The second kappa shape index (κ2) is 5.67. The zero-order chi connectivity index (χ0) is 17.4. The third-order valence-corrected chi connectivity index (χ3v) is 3.59. The van der Waals surface area contributed by atoms with Gasteiger partial charge in [0.1, 0.15) is 5.75 Å². The first kappa shape index (κ1) is 14.8. The molecule has 0 saturated carbocycles. The molecular weight excluding hydrogens is 326 g/mol.